The number of nitrogens with zero attached hydrogens (tertiary/aromatic N) is 2. The fourth-order valence-electron chi connectivity index (χ4n) is 2.54. The van der Waals surface area contributed by atoms with E-state index < -0.39 is 17.8 Å². The molecule has 0 N–H and O–H groups in total. The van der Waals surface area contributed by atoms with Crippen LogP contribution >= 0.6 is 0 Å². The summed E-state index contributed by atoms with van der Waals surface area (Å²) in [5.41, 5.74) is 1.58. The van der Waals surface area contributed by atoms with E-state index in [0.717, 1.165) is 0 Å². The second-order valence-corrected chi connectivity index (χ2v) is 5.83. The minimum absolute atomic E-state index is 0.0478. The standard InChI is InChI=1S/C20H16N2O4/c1-12(23)14-6-5-7-15(10-14)25-13(2)19(24)16(11-21)20-22-17-8-3-4-9-18(17)26-20/h3-10,13,16H,1-2H3/t13-,16+/m0/s1. The van der Waals surface area contributed by atoms with Crippen LogP contribution in [0.3, 0.4) is 0 Å². The second kappa shape index (κ2) is 7.19. The molecule has 2 atom stereocenters. The van der Waals surface area contributed by atoms with E-state index >= 15 is 0 Å². The number of Topliss-reactive ketones (excluding diaryl/α,β-unsaturated/α-hetero) is 2. The summed E-state index contributed by atoms with van der Waals surface area (Å²) in [5, 5.41) is 9.44. The number of nitriles is 1. The summed E-state index contributed by atoms with van der Waals surface area (Å²) in [4.78, 5) is 28.3. The van der Waals surface area contributed by atoms with Crippen molar-refractivity contribution < 1.29 is 18.7 Å². The van der Waals surface area contributed by atoms with Crippen molar-refractivity contribution in [2.45, 2.75) is 25.9 Å². The van der Waals surface area contributed by atoms with Gasteiger partial charge in [0.2, 0.25) is 5.89 Å². The Balaban J connectivity index is 1.81. The number of hydrogen-bond acceptors (Lipinski definition) is 6. The zero-order valence-electron chi connectivity index (χ0n) is 14.3. The Labute approximate surface area is 150 Å². The number of para-hydroxylation sites is 2. The highest BCUT2D eigenvalue weighted by atomic mass is 16.5. The number of rotatable bonds is 6. The summed E-state index contributed by atoms with van der Waals surface area (Å²) in [6, 6.07) is 15.5. The van der Waals surface area contributed by atoms with Crippen molar-refractivity contribution in [3.05, 3.63) is 60.0 Å². The molecular formula is C20H16N2O4. The summed E-state index contributed by atoms with van der Waals surface area (Å²) in [6.07, 6.45) is -0.906. The molecule has 0 aliphatic rings. The maximum absolute atomic E-state index is 12.7. The van der Waals surface area contributed by atoms with Crippen molar-refractivity contribution in [1.29, 1.82) is 5.26 Å². The Hall–Kier alpha value is -3.46. The van der Waals surface area contributed by atoms with Gasteiger partial charge in [-0.1, -0.05) is 24.3 Å². The molecule has 0 aliphatic carbocycles. The molecule has 6 heteroatoms. The summed E-state index contributed by atoms with van der Waals surface area (Å²) < 4.78 is 11.2. The van der Waals surface area contributed by atoms with Gasteiger partial charge in [0.05, 0.1) is 6.07 Å². The predicted molar refractivity (Wildman–Crippen MR) is 93.9 cm³/mol. The minimum atomic E-state index is -1.17. The molecule has 130 valence electrons. The highest BCUT2D eigenvalue weighted by Crippen LogP contribution is 2.24. The SMILES string of the molecule is CC(=O)c1cccc(O[C@@H](C)C(=O)[C@@H](C#N)c2nc3ccccc3o2)c1. The van der Waals surface area contributed by atoms with E-state index in [4.69, 9.17) is 9.15 Å². The zero-order valence-corrected chi connectivity index (χ0v) is 14.3. The molecule has 3 rings (SSSR count). The minimum Gasteiger partial charge on any atom is -0.483 e. The lowest BCUT2D eigenvalue weighted by Gasteiger charge is -2.15. The normalized spacial score (nSPS) is 13.0. The molecule has 0 unspecified atom stereocenters. The summed E-state index contributed by atoms with van der Waals surface area (Å²) in [7, 11) is 0. The Morgan fingerprint density at radius 3 is 2.65 bits per heavy atom. The first-order valence-electron chi connectivity index (χ1n) is 8.06. The predicted octanol–water partition coefficient (Wildman–Crippen LogP) is 3.67. The van der Waals surface area contributed by atoms with Gasteiger partial charge in [-0.15, -0.1) is 0 Å². The maximum atomic E-state index is 12.7. The van der Waals surface area contributed by atoms with Gasteiger partial charge in [-0.05, 0) is 38.1 Å². The number of aromatic nitrogens is 1. The summed E-state index contributed by atoms with van der Waals surface area (Å²) in [6.45, 7) is 3.00. The second-order valence-electron chi connectivity index (χ2n) is 5.83. The molecule has 0 fully saturated rings. The fraction of sp³-hybridized carbons (Fsp3) is 0.200. The van der Waals surface area contributed by atoms with Crippen LogP contribution in [0.2, 0.25) is 0 Å². The van der Waals surface area contributed by atoms with Gasteiger partial charge in [0.15, 0.2) is 29.2 Å². The molecule has 0 spiro atoms. The van der Waals surface area contributed by atoms with Crippen LogP contribution < -0.4 is 4.74 Å². The average molecular weight is 348 g/mol. The number of hydrogen-bond donors (Lipinski definition) is 0. The lowest BCUT2D eigenvalue weighted by Crippen LogP contribution is -2.29. The highest BCUT2D eigenvalue weighted by Gasteiger charge is 2.31. The Morgan fingerprint density at radius 1 is 1.19 bits per heavy atom. The summed E-state index contributed by atoms with van der Waals surface area (Å²) >= 11 is 0. The molecule has 1 aromatic heterocycles. The number of oxazole rings is 1. The van der Waals surface area contributed by atoms with Crippen molar-refractivity contribution in [2.75, 3.05) is 0 Å². The van der Waals surface area contributed by atoms with Crippen molar-refractivity contribution in [2.24, 2.45) is 0 Å². The van der Waals surface area contributed by atoms with E-state index in [1.54, 1.807) is 55.5 Å². The van der Waals surface area contributed by atoms with Crippen LogP contribution in [0.4, 0.5) is 0 Å². The number of ketones is 2. The molecule has 0 amide bonds. The van der Waals surface area contributed by atoms with E-state index in [9.17, 15) is 14.9 Å². The van der Waals surface area contributed by atoms with Gasteiger partial charge in [0, 0.05) is 5.56 Å². The zero-order chi connectivity index (χ0) is 18.7. The first-order chi connectivity index (χ1) is 12.5. The molecule has 6 nitrogen and oxygen atoms in total. The lowest BCUT2D eigenvalue weighted by atomic mass is 10.0. The average Bonchev–Trinajstić information content (AvgIpc) is 3.06. The maximum Gasteiger partial charge on any atom is 0.220 e. The molecule has 1 heterocycles. The lowest BCUT2D eigenvalue weighted by molar-refractivity contribution is -0.125. The van der Waals surface area contributed by atoms with E-state index in [2.05, 4.69) is 4.98 Å². The van der Waals surface area contributed by atoms with E-state index in [1.807, 2.05) is 6.07 Å². The third kappa shape index (κ3) is 3.47. The van der Waals surface area contributed by atoms with Crippen LogP contribution in [0, 0.1) is 11.3 Å². The highest BCUT2D eigenvalue weighted by molar-refractivity contribution is 5.94. The molecule has 3 aromatic rings. The number of benzene rings is 2. The topological polar surface area (TPSA) is 93.2 Å². The van der Waals surface area contributed by atoms with Crippen LogP contribution in [-0.4, -0.2) is 22.7 Å². The fourth-order valence-corrected chi connectivity index (χ4v) is 2.54. The van der Waals surface area contributed by atoms with Gasteiger partial charge in [0.1, 0.15) is 11.3 Å². The Kier molecular flexibility index (Phi) is 4.81. The molecule has 0 saturated heterocycles. The molecule has 26 heavy (non-hydrogen) atoms. The first kappa shape index (κ1) is 17.4. The number of carbonyl (C=O) groups is 2. The van der Waals surface area contributed by atoms with Crippen LogP contribution in [0.25, 0.3) is 11.1 Å². The molecule has 0 aliphatic heterocycles. The van der Waals surface area contributed by atoms with Crippen molar-refractivity contribution in [3.63, 3.8) is 0 Å². The van der Waals surface area contributed by atoms with Crippen molar-refractivity contribution >= 4 is 22.7 Å². The molecular weight excluding hydrogens is 332 g/mol. The Morgan fingerprint density at radius 2 is 1.96 bits per heavy atom. The van der Waals surface area contributed by atoms with Gasteiger partial charge >= 0.3 is 0 Å². The number of ether oxygens (including phenoxy) is 1. The molecule has 2 aromatic carbocycles. The van der Waals surface area contributed by atoms with E-state index in [-0.39, 0.29) is 11.7 Å². The number of fused-ring (bicyclic) bond motifs is 1. The van der Waals surface area contributed by atoms with E-state index in [0.29, 0.717) is 22.4 Å². The third-order valence-corrected chi connectivity index (χ3v) is 3.93. The van der Waals surface area contributed by atoms with Crippen molar-refractivity contribution in [3.8, 4) is 11.8 Å². The molecule has 0 saturated carbocycles. The van der Waals surface area contributed by atoms with Crippen LogP contribution in [-0.2, 0) is 4.79 Å². The molecule has 0 bridgehead atoms. The van der Waals surface area contributed by atoms with Gasteiger partial charge in [0.25, 0.3) is 0 Å². The van der Waals surface area contributed by atoms with Crippen molar-refractivity contribution in [1.82, 2.24) is 4.98 Å². The molecule has 0 radical (unpaired) electrons. The van der Waals surface area contributed by atoms with Gasteiger partial charge in [-0.3, -0.25) is 9.59 Å². The first-order valence-corrected chi connectivity index (χ1v) is 8.06. The van der Waals surface area contributed by atoms with E-state index in [1.165, 1.54) is 6.92 Å². The van der Waals surface area contributed by atoms with Gasteiger partial charge in [-0.25, -0.2) is 4.98 Å². The van der Waals surface area contributed by atoms with Crippen LogP contribution in [0.1, 0.15) is 36.0 Å². The quantitative estimate of drug-likeness (QED) is 0.631. The van der Waals surface area contributed by atoms with Gasteiger partial charge < -0.3 is 9.15 Å². The smallest absolute Gasteiger partial charge is 0.220 e. The number of carbonyl (C=O) groups excluding carboxylic acids is 2. The van der Waals surface area contributed by atoms with Gasteiger partial charge in [-0.2, -0.15) is 5.26 Å². The summed E-state index contributed by atoms with van der Waals surface area (Å²) in [5.74, 6) is -1.31. The largest absolute Gasteiger partial charge is 0.483 e. The Bertz CT molecular complexity index is 983. The monoisotopic (exact) mass is 348 g/mol. The third-order valence-electron chi connectivity index (χ3n) is 3.93. The van der Waals surface area contributed by atoms with Crippen LogP contribution in [0.15, 0.2) is 52.9 Å². The van der Waals surface area contributed by atoms with Crippen LogP contribution in [0.5, 0.6) is 5.75 Å².